The number of aliphatic hydroxyl groups excluding tert-OH is 1. The lowest BCUT2D eigenvalue weighted by atomic mass is 10.1. The molecule has 0 unspecified atom stereocenters. The SMILES string of the molecule is CCCC[C@H](O)CCCCC(=O)NC. The third-order valence-electron chi connectivity index (χ3n) is 2.36. The molecule has 3 nitrogen and oxygen atoms in total. The summed E-state index contributed by atoms with van der Waals surface area (Å²) in [5.41, 5.74) is 0. The highest BCUT2D eigenvalue weighted by molar-refractivity contribution is 5.75. The fraction of sp³-hybridized carbons (Fsp3) is 0.909. The van der Waals surface area contributed by atoms with Crippen LogP contribution < -0.4 is 5.32 Å². The van der Waals surface area contributed by atoms with E-state index >= 15 is 0 Å². The summed E-state index contributed by atoms with van der Waals surface area (Å²) >= 11 is 0. The van der Waals surface area contributed by atoms with E-state index in [-0.39, 0.29) is 12.0 Å². The van der Waals surface area contributed by atoms with Gasteiger partial charge in [-0.15, -0.1) is 0 Å². The van der Waals surface area contributed by atoms with Crippen molar-refractivity contribution in [1.29, 1.82) is 0 Å². The van der Waals surface area contributed by atoms with E-state index in [2.05, 4.69) is 12.2 Å². The van der Waals surface area contributed by atoms with E-state index in [0.29, 0.717) is 6.42 Å². The molecule has 3 heteroatoms. The van der Waals surface area contributed by atoms with E-state index < -0.39 is 0 Å². The molecule has 0 heterocycles. The number of carbonyl (C=O) groups excluding carboxylic acids is 1. The third-order valence-corrected chi connectivity index (χ3v) is 2.36. The van der Waals surface area contributed by atoms with Gasteiger partial charge in [0.1, 0.15) is 0 Å². The van der Waals surface area contributed by atoms with Gasteiger partial charge in [-0.1, -0.05) is 26.2 Å². The second-order valence-corrected chi connectivity index (χ2v) is 3.72. The number of hydrogen-bond donors (Lipinski definition) is 2. The molecule has 0 spiro atoms. The monoisotopic (exact) mass is 201 g/mol. The number of hydrogen-bond acceptors (Lipinski definition) is 2. The molecule has 0 aromatic rings. The van der Waals surface area contributed by atoms with Gasteiger partial charge in [0.2, 0.25) is 5.91 Å². The van der Waals surface area contributed by atoms with Crippen LogP contribution in [0.5, 0.6) is 0 Å². The number of rotatable bonds is 8. The van der Waals surface area contributed by atoms with Crippen LogP contribution in [0.25, 0.3) is 0 Å². The van der Waals surface area contributed by atoms with Crippen molar-refractivity contribution in [2.75, 3.05) is 7.05 Å². The van der Waals surface area contributed by atoms with Gasteiger partial charge in [-0.3, -0.25) is 4.79 Å². The Labute approximate surface area is 86.9 Å². The predicted molar refractivity (Wildman–Crippen MR) is 58.1 cm³/mol. The number of aliphatic hydroxyl groups is 1. The highest BCUT2D eigenvalue weighted by Gasteiger charge is 2.03. The van der Waals surface area contributed by atoms with Crippen molar-refractivity contribution in [2.45, 2.75) is 58.0 Å². The van der Waals surface area contributed by atoms with E-state index in [1.54, 1.807) is 7.05 Å². The van der Waals surface area contributed by atoms with Crippen LogP contribution in [0.2, 0.25) is 0 Å². The quantitative estimate of drug-likeness (QED) is 0.589. The minimum absolute atomic E-state index is 0.0908. The maximum atomic E-state index is 10.9. The number of unbranched alkanes of at least 4 members (excludes halogenated alkanes) is 2. The van der Waals surface area contributed by atoms with Gasteiger partial charge in [-0.05, 0) is 19.3 Å². The van der Waals surface area contributed by atoms with Crippen molar-refractivity contribution in [3.05, 3.63) is 0 Å². The molecule has 0 aromatic heterocycles. The molecule has 1 amide bonds. The minimum Gasteiger partial charge on any atom is -0.393 e. The Kier molecular flexibility index (Phi) is 8.64. The number of carbonyl (C=O) groups is 1. The summed E-state index contributed by atoms with van der Waals surface area (Å²) in [7, 11) is 1.65. The van der Waals surface area contributed by atoms with Crippen LogP contribution in [0, 0.1) is 0 Å². The Hall–Kier alpha value is -0.570. The van der Waals surface area contributed by atoms with E-state index in [1.807, 2.05) is 0 Å². The average molecular weight is 201 g/mol. The first kappa shape index (κ1) is 13.4. The fourth-order valence-electron chi connectivity index (χ4n) is 1.37. The first-order chi connectivity index (χ1) is 6.70. The molecular weight excluding hydrogens is 178 g/mol. The largest absolute Gasteiger partial charge is 0.393 e. The van der Waals surface area contributed by atoms with Crippen LogP contribution in [0.1, 0.15) is 51.9 Å². The van der Waals surface area contributed by atoms with E-state index in [1.165, 1.54) is 0 Å². The van der Waals surface area contributed by atoms with Crippen molar-refractivity contribution in [3.8, 4) is 0 Å². The van der Waals surface area contributed by atoms with Crippen LogP contribution in [-0.4, -0.2) is 24.2 Å². The molecule has 0 aromatic carbocycles. The lowest BCUT2D eigenvalue weighted by Crippen LogP contribution is -2.17. The van der Waals surface area contributed by atoms with Gasteiger partial charge in [-0.25, -0.2) is 0 Å². The van der Waals surface area contributed by atoms with E-state index in [0.717, 1.165) is 38.5 Å². The molecule has 0 aliphatic carbocycles. The van der Waals surface area contributed by atoms with Gasteiger partial charge in [0.25, 0.3) is 0 Å². The third kappa shape index (κ3) is 8.05. The predicted octanol–water partition coefficient (Wildman–Crippen LogP) is 1.84. The second kappa shape index (κ2) is 9.00. The maximum Gasteiger partial charge on any atom is 0.219 e. The Morgan fingerprint density at radius 2 is 1.93 bits per heavy atom. The molecule has 1 atom stereocenters. The zero-order chi connectivity index (χ0) is 10.8. The molecule has 84 valence electrons. The van der Waals surface area contributed by atoms with Gasteiger partial charge in [0.15, 0.2) is 0 Å². The molecule has 0 aliphatic heterocycles. The van der Waals surface area contributed by atoms with Crippen molar-refractivity contribution in [3.63, 3.8) is 0 Å². The molecule has 0 radical (unpaired) electrons. The molecule has 14 heavy (non-hydrogen) atoms. The molecule has 0 saturated carbocycles. The van der Waals surface area contributed by atoms with Crippen LogP contribution in [-0.2, 0) is 4.79 Å². The second-order valence-electron chi connectivity index (χ2n) is 3.72. The number of amides is 1. The maximum absolute atomic E-state index is 10.9. The van der Waals surface area contributed by atoms with Crippen LogP contribution >= 0.6 is 0 Å². The minimum atomic E-state index is -0.167. The van der Waals surface area contributed by atoms with Crippen molar-refractivity contribution < 1.29 is 9.90 Å². The normalized spacial score (nSPS) is 12.5. The summed E-state index contributed by atoms with van der Waals surface area (Å²) in [6, 6.07) is 0. The Bertz CT molecular complexity index is 148. The van der Waals surface area contributed by atoms with Crippen LogP contribution in [0.4, 0.5) is 0 Å². The highest BCUT2D eigenvalue weighted by atomic mass is 16.3. The molecule has 0 aliphatic rings. The van der Waals surface area contributed by atoms with Crippen molar-refractivity contribution >= 4 is 5.91 Å². The molecule has 0 saturated heterocycles. The summed E-state index contributed by atoms with van der Waals surface area (Å²) in [6.07, 6.45) is 6.19. The Morgan fingerprint density at radius 3 is 2.50 bits per heavy atom. The van der Waals surface area contributed by atoms with Gasteiger partial charge < -0.3 is 10.4 Å². The zero-order valence-electron chi connectivity index (χ0n) is 9.38. The van der Waals surface area contributed by atoms with Gasteiger partial charge >= 0.3 is 0 Å². The van der Waals surface area contributed by atoms with E-state index in [9.17, 15) is 9.90 Å². The summed E-state index contributed by atoms with van der Waals surface area (Å²) in [4.78, 5) is 10.9. The molecule has 2 N–H and O–H groups in total. The molecule has 0 rings (SSSR count). The van der Waals surface area contributed by atoms with E-state index in [4.69, 9.17) is 0 Å². The molecule has 0 fully saturated rings. The van der Waals surface area contributed by atoms with Gasteiger partial charge in [0, 0.05) is 13.5 Å². The first-order valence-corrected chi connectivity index (χ1v) is 5.59. The molecule has 0 bridgehead atoms. The van der Waals surface area contributed by atoms with Crippen molar-refractivity contribution in [1.82, 2.24) is 5.32 Å². The Balaban J connectivity index is 3.22. The van der Waals surface area contributed by atoms with Crippen LogP contribution in [0.3, 0.4) is 0 Å². The highest BCUT2D eigenvalue weighted by Crippen LogP contribution is 2.09. The summed E-state index contributed by atoms with van der Waals surface area (Å²) in [6.45, 7) is 2.12. The average Bonchev–Trinajstić information content (AvgIpc) is 2.21. The summed E-state index contributed by atoms with van der Waals surface area (Å²) in [5.74, 6) is 0.0908. The first-order valence-electron chi connectivity index (χ1n) is 5.59. The lowest BCUT2D eigenvalue weighted by molar-refractivity contribution is -0.120. The molecular formula is C11H23NO2. The van der Waals surface area contributed by atoms with Gasteiger partial charge in [0.05, 0.1) is 6.10 Å². The lowest BCUT2D eigenvalue weighted by Gasteiger charge is -2.08. The number of nitrogens with one attached hydrogen (secondary N) is 1. The summed E-state index contributed by atoms with van der Waals surface area (Å²) in [5, 5.41) is 12.1. The standard InChI is InChI=1S/C11H23NO2/c1-3-4-7-10(13)8-5-6-9-11(14)12-2/h10,13H,3-9H2,1-2H3,(H,12,14)/t10-/m0/s1. The van der Waals surface area contributed by atoms with Gasteiger partial charge in [-0.2, -0.15) is 0 Å². The topological polar surface area (TPSA) is 49.3 Å². The Morgan fingerprint density at radius 1 is 1.29 bits per heavy atom. The fourth-order valence-corrected chi connectivity index (χ4v) is 1.37. The van der Waals surface area contributed by atoms with Crippen molar-refractivity contribution in [2.24, 2.45) is 0 Å². The zero-order valence-corrected chi connectivity index (χ0v) is 9.38. The van der Waals surface area contributed by atoms with Crippen LogP contribution in [0.15, 0.2) is 0 Å². The smallest absolute Gasteiger partial charge is 0.219 e. The summed E-state index contributed by atoms with van der Waals surface area (Å²) < 4.78 is 0.